The van der Waals surface area contributed by atoms with E-state index in [2.05, 4.69) is 5.16 Å². The highest BCUT2D eigenvalue weighted by Gasteiger charge is 2.41. The van der Waals surface area contributed by atoms with E-state index in [1.54, 1.807) is 12.1 Å². The van der Waals surface area contributed by atoms with Crippen LogP contribution in [0.15, 0.2) is 59.1 Å². The molecule has 0 saturated heterocycles. The van der Waals surface area contributed by atoms with Gasteiger partial charge in [0.1, 0.15) is 11.3 Å². The summed E-state index contributed by atoms with van der Waals surface area (Å²) in [5.74, 6) is -1.65. The Balaban J connectivity index is 1.52. The minimum atomic E-state index is -0.827. The predicted molar refractivity (Wildman–Crippen MR) is 106 cm³/mol. The molecule has 1 aliphatic heterocycles. The van der Waals surface area contributed by atoms with Gasteiger partial charge in [0, 0.05) is 11.5 Å². The number of hydrogen-bond donors (Lipinski definition) is 0. The molecule has 1 aromatic heterocycles. The maximum Gasteiger partial charge on any atom is 0.369 e. The largest absolute Gasteiger partial charge is 0.369 e. The van der Waals surface area contributed by atoms with E-state index in [-0.39, 0.29) is 22.6 Å². The van der Waals surface area contributed by atoms with Crippen molar-refractivity contribution in [2.45, 2.75) is 31.6 Å². The van der Waals surface area contributed by atoms with Gasteiger partial charge in [-0.05, 0) is 25.0 Å². The Hall–Kier alpha value is -3.74. The molecule has 2 heterocycles. The zero-order chi connectivity index (χ0) is 20.7. The van der Waals surface area contributed by atoms with E-state index >= 15 is 0 Å². The number of amides is 2. The molecule has 1 aliphatic carbocycles. The molecule has 2 aliphatic rings. The number of benzene rings is 2. The second kappa shape index (κ2) is 7.26. The van der Waals surface area contributed by atoms with Crippen molar-refractivity contribution in [3.05, 3.63) is 77.0 Å². The van der Waals surface area contributed by atoms with Crippen molar-refractivity contribution in [2.24, 2.45) is 0 Å². The molecule has 1 fully saturated rings. The fourth-order valence-electron chi connectivity index (χ4n) is 4.14. The first-order valence-corrected chi connectivity index (χ1v) is 9.90. The number of fused-ring (bicyclic) bond motifs is 1. The molecule has 0 N–H and O–H groups in total. The van der Waals surface area contributed by atoms with Crippen LogP contribution >= 0.6 is 0 Å². The summed E-state index contributed by atoms with van der Waals surface area (Å²) in [5.41, 5.74) is 1.63. The van der Waals surface area contributed by atoms with Crippen LogP contribution in [-0.4, -0.2) is 28.0 Å². The summed E-state index contributed by atoms with van der Waals surface area (Å²) in [4.78, 5) is 43.7. The standard InChI is InChI=1S/C23H18N2O5/c26-21-16-12-6-7-13-17(16)22(27)25(21)30-23(28)18-19(14-8-2-1-3-9-14)24-29-20(18)15-10-4-5-11-15/h1-3,6-9,12-13,15H,4-5,10-11H2. The molecule has 2 amide bonds. The van der Waals surface area contributed by atoms with Crippen LogP contribution in [0.5, 0.6) is 0 Å². The number of imide groups is 1. The minimum absolute atomic E-state index is 0.0553. The average Bonchev–Trinajstić information content (AvgIpc) is 3.50. The summed E-state index contributed by atoms with van der Waals surface area (Å²) in [5, 5.41) is 4.66. The minimum Gasteiger partial charge on any atom is -0.360 e. The topological polar surface area (TPSA) is 89.7 Å². The van der Waals surface area contributed by atoms with E-state index in [1.165, 1.54) is 12.1 Å². The molecule has 30 heavy (non-hydrogen) atoms. The van der Waals surface area contributed by atoms with E-state index in [0.717, 1.165) is 25.7 Å². The fraction of sp³-hybridized carbons (Fsp3) is 0.217. The lowest BCUT2D eigenvalue weighted by Crippen LogP contribution is -2.33. The van der Waals surface area contributed by atoms with Crippen LogP contribution in [0.2, 0.25) is 0 Å². The van der Waals surface area contributed by atoms with Gasteiger partial charge < -0.3 is 9.36 Å². The molecule has 2 aromatic carbocycles. The molecule has 0 bridgehead atoms. The van der Waals surface area contributed by atoms with Gasteiger partial charge in [-0.1, -0.05) is 65.5 Å². The van der Waals surface area contributed by atoms with E-state index in [9.17, 15) is 14.4 Å². The van der Waals surface area contributed by atoms with Crippen molar-refractivity contribution >= 4 is 17.8 Å². The normalized spacial score (nSPS) is 16.2. The molecule has 0 unspecified atom stereocenters. The van der Waals surface area contributed by atoms with Crippen LogP contribution < -0.4 is 0 Å². The summed E-state index contributed by atoms with van der Waals surface area (Å²) in [6.07, 6.45) is 3.85. The zero-order valence-electron chi connectivity index (χ0n) is 16.0. The van der Waals surface area contributed by atoms with E-state index in [0.29, 0.717) is 22.1 Å². The lowest BCUT2D eigenvalue weighted by molar-refractivity contribution is -0.0585. The summed E-state index contributed by atoms with van der Waals surface area (Å²) in [6.45, 7) is 0. The monoisotopic (exact) mass is 402 g/mol. The van der Waals surface area contributed by atoms with Gasteiger partial charge in [0.15, 0.2) is 5.76 Å². The van der Waals surface area contributed by atoms with Crippen LogP contribution in [0, 0.1) is 0 Å². The van der Waals surface area contributed by atoms with Gasteiger partial charge in [0.05, 0.1) is 11.1 Å². The van der Waals surface area contributed by atoms with Crippen molar-refractivity contribution in [2.75, 3.05) is 0 Å². The number of carbonyl (C=O) groups excluding carboxylic acids is 3. The van der Waals surface area contributed by atoms with Crippen molar-refractivity contribution in [1.82, 2.24) is 10.2 Å². The Kier molecular flexibility index (Phi) is 4.43. The first-order chi connectivity index (χ1) is 14.6. The molecule has 7 nitrogen and oxygen atoms in total. The van der Waals surface area contributed by atoms with Gasteiger partial charge in [0.2, 0.25) is 0 Å². The molecule has 7 heteroatoms. The van der Waals surface area contributed by atoms with Gasteiger partial charge in [-0.15, -0.1) is 0 Å². The van der Waals surface area contributed by atoms with Gasteiger partial charge in [-0.3, -0.25) is 9.59 Å². The summed E-state index contributed by atoms with van der Waals surface area (Å²) in [7, 11) is 0. The van der Waals surface area contributed by atoms with Gasteiger partial charge in [-0.25, -0.2) is 4.79 Å². The second-order valence-corrected chi connectivity index (χ2v) is 7.45. The zero-order valence-corrected chi connectivity index (χ0v) is 16.0. The molecular formula is C23H18N2O5. The number of aromatic nitrogens is 1. The summed E-state index contributed by atoms with van der Waals surface area (Å²) in [6, 6.07) is 15.5. The number of hydroxylamine groups is 2. The van der Waals surface area contributed by atoms with Crippen LogP contribution in [0.3, 0.4) is 0 Å². The number of nitrogens with zero attached hydrogens (tertiary/aromatic N) is 2. The molecule has 0 spiro atoms. The summed E-state index contributed by atoms with van der Waals surface area (Å²) < 4.78 is 5.60. The smallest absolute Gasteiger partial charge is 0.360 e. The third-order valence-electron chi connectivity index (χ3n) is 5.63. The van der Waals surface area contributed by atoms with Gasteiger partial charge in [0.25, 0.3) is 11.8 Å². The Morgan fingerprint density at radius 3 is 2.17 bits per heavy atom. The Bertz CT molecular complexity index is 1110. The van der Waals surface area contributed by atoms with E-state index < -0.39 is 17.8 Å². The third kappa shape index (κ3) is 2.90. The van der Waals surface area contributed by atoms with Gasteiger partial charge in [-0.2, -0.15) is 0 Å². The van der Waals surface area contributed by atoms with Crippen molar-refractivity contribution < 1.29 is 23.7 Å². The van der Waals surface area contributed by atoms with Crippen LogP contribution in [0.4, 0.5) is 0 Å². The second-order valence-electron chi connectivity index (χ2n) is 7.45. The number of carbonyl (C=O) groups is 3. The predicted octanol–water partition coefficient (Wildman–Crippen LogP) is 4.37. The average molecular weight is 402 g/mol. The van der Waals surface area contributed by atoms with Crippen LogP contribution in [0.25, 0.3) is 11.3 Å². The SMILES string of the molecule is O=C(ON1C(=O)c2ccccc2C1=O)c1c(-c2ccccc2)noc1C1CCCC1. The van der Waals surface area contributed by atoms with E-state index in [1.807, 2.05) is 30.3 Å². The lowest BCUT2D eigenvalue weighted by atomic mass is 9.97. The van der Waals surface area contributed by atoms with E-state index in [4.69, 9.17) is 9.36 Å². The quantitative estimate of drug-likeness (QED) is 0.602. The molecule has 0 atom stereocenters. The molecule has 3 aromatic rings. The van der Waals surface area contributed by atoms with Gasteiger partial charge >= 0.3 is 5.97 Å². The van der Waals surface area contributed by atoms with Crippen molar-refractivity contribution in [1.29, 1.82) is 0 Å². The number of hydrogen-bond acceptors (Lipinski definition) is 6. The molecule has 0 radical (unpaired) electrons. The Morgan fingerprint density at radius 1 is 0.933 bits per heavy atom. The first-order valence-electron chi connectivity index (χ1n) is 9.90. The Morgan fingerprint density at radius 2 is 1.53 bits per heavy atom. The highest BCUT2D eigenvalue weighted by atomic mass is 16.7. The molecule has 1 saturated carbocycles. The van der Waals surface area contributed by atoms with Crippen molar-refractivity contribution in [3.63, 3.8) is 0 Å². The summed E-state index contributed by atoms with van der Waals surface area (Å²) >= 11 is 0. The van der Waals surface area contributed by atoms with Crippen LogP contribution in [0.1, 0.15) is 68.4 Å². The highest BCUT2D eigenvalue weighted by Crippen LogP contribution is 2.39. The molecular weight excluding hydrogens is 384 g/mol. The lowest BCUT2D eigenvalue weighted by Gasteiger charge is -2.14. The molecule has 5 rings (SSSR count). The Labute approximate surface area is 172 Å². The first kappa shape index (κ1) is 18.3. The third-order valence-corrected chi connectivity index (χ3v) is 5.63. The maximum atomic E-state index is 13.2. The number of rotatable bonds is 4. The van der Waals surface area contributed by atoms with Crippen LogP contribution in [-0.2, 0) is 4.84 Å². The fourth-order valence-corrected chi connectivity index (χ4v) is 4.14. The molecule has 150 valence electrons. The maximum absolute atomic E-state index is 13.2. The van der Waals surface area contributed by atoms with Crippen molar-refractivity contribution in [3.8, 4) is 11.3 Å². The highest BCUT2D eigenvalue weighted by molar-refractivity contribution is 6.21.